The second kappa shape index (κ2) is 4.19. The molecule has 1 atom stereocenters. The van der Waals surface area contributed by atoms with Crippen LogP contribution in [0.15, 0.2) is 23.0 Å². The first-order valence-electron chi connectivity index (χ1n) is 5.11. The van der Waals surface area contributed by atoms with Gasteiger partial charge < -0.3 is 0 Å². The van der Waals surface area contributed by atoms with Crippen LogP contribution < -0.4 is 5.56 Å². The smallest absolute Gasteiger partial charge is 0.255 e. The van der Waals surface area contributed by atoms with Gasteiger partial charge in [0, 0.05) is 6.07 Å². The third-order valence-corrected chi connectivity index (χ3v) is 2.85. The Kier molecular flexibility index (Phi) is 2.91. The van der Waals surface area contributed by atoms with Gasteiger partial charge in [0.1, 0.15) is 11.0 Å². The molecule has 80 valence electrons. The molecule has 0 aromatic carbocycles. The lowest BCUT2D eigenvalue weighted by Crippen LogP contribution is -2.27. The Labute approximate surface area is 93.4 Å². The molecule has 4 heteroatoms. The molecule has 15 heavy (non-hydrogen) atoms. The second-order valence-corrected chi connectivity index (χ2v) is 4.15. The Morgan fingerprint density at radius 2 is 2.40 bits per heavy atom. The third kappa shape index (κ3) is 2.12. The van der Waals surface area contributed by atoms with E-state index in [1.54, 1.807) is 4.57 Å². The van der Waals surface area contributed by atoms with Crippen LogP contribution in [0, 0.1) is 6.92 Å². The summed E-state index contributed by atoms with van der Waals surface area (Å²) in [5, 5.41) is 0.272. The molecule has 2 rings (SSSR count). The quantitative estimate of drug-likeness (QED) is 0.543. The molecule has 0 radical (unpaired) electrons. The first kappa shape index (κ1) is 10.4. The highest BCUT2D eigenvalue weighted by molar-refractivity contribution is 6.29. The summed E-state index contributed by atoms with van der Waals surface area (Å²) in [6.45, 7) is 1.82. The molecule has 0 saturated carbocycles. The maximum Gasteiger partial charge on any atom is 0.255 e. The van der Waals surface area contributed by atoms with E-state index in [4.69, 9.17) is 11.6 Å². The van der Waals surface area contributed by atoms with Crippen LogP contribution in [-0.4, -0.2) is 9.55 Å². The zero-order valence-electron chi connectivity index (χ0n) is 8.61. The largest absolute Gasteiger partial charge is 0.290 e. The summed E-state index contributed by atoms with van der Waals surface area (Å²) in [4.78, 5) is 15.9. The van der Waals surface area contributed by atoms with Crippen LogP contribution in [0.3, 0.4) is 0 Å². The van der Waals surface area contributed by atoms with Crippen molar-refractivity contribution in [1.82, 2.24) is 9.55 Å². The molecule has 1 aromatic heterocycles. The summed E-state index contributed by atoms with van der Waals surface area (Å²) < 4.78 is 1.71. The van der Waals surface area contributed by atoms with Crippen LogP contribution in [-0.2, 0) is 0 Å². The highest BCUT2D eigenvalue weighted by Gasteiger charge is 2.14. The fourth-order valence-electron chi connectivity index (χ4n) is 1.98. The van der Waals surface area contributed by atoms with Crippen LogP contribution in [0.5, 0.6) is 0 Å². The average molecular weight is 225 g/mol. The average Bonchev–Trinajstić information content (AvgIpc) is 2.17. The molecule has 1 unspecified atom stereocenters. The van der Waals surface area contributed by atoms with Crippen molar-refractivity contribution in [2.24, 2.45) is 0 Å². The van der Waals surface area contributed by atoms with Gasteiger partial charge in [-0.1, -0.05) is 23.8 Å². The van der Waals surface area contributed by atoms with Crippen LogP contribution in [0.2, 0.25) is 5.15 Å². The number of aromatic nitrogens is 2. The maximum atomic E-state index is 11.8. The molecule has 1 aliphatic rings. The van der Waals surface area contributed by atoms with Gasteiger partial charge in [0.25, 0.3) is 5.56 Å². The number of allylic oxidation sites excluding steroid dienone is 2. The molecule has 0 saturated heterocycles. The van der Waals surface area contributed by atoms with Crippen molar-refractivity contribution in [2.75, 3.05) is 0 Å². The summed E-state index contributed by atoms with van der Waals surface area (Å²) >= 11 is 5.72. The van der Waals surface area contributed by atoms with E-state index in [0.717, 1.165) is 19.3 Å². The van der Waals surface area contributed by atoms with Gasteiger partial charge in [-0.2, -0.15) is 0 Å². The van der Waals surface area contributed by atoms with E-state index in [1.807, 2.05) is 6.92 Å². The van der Waals surface area contributed by atoms with Crippen LogP contribution >= 0.6 is 11.6 Å². The number of aryl methyl sites for hydroxylation is 1. The molecule has 0 spiro atoms. The zero-order valence-corrected chi connectivity index (χ0v) is 9.37. The summed E-state index contributed by atoms with van der Waals surface area (Å²) in [6, 6.07) is 1.52. The number of hydrogen-bond acceptors (Lipinski definition) is 2. The number of rotatable bonds is 1. The van der Waals surface area contributed by atoms with Crippen molar-refractivity contribution in [3.05, 3.63) is 39.5 Å². The predicted molar refractivity (Wildman–Crippen MR) is 60.3 cm³/mol. The van der Waals surface area contributed by atoms with Gasteiger partial charge in [-0.15, -0.1) is 0 Å². The molecule has 0 amide bonds. The Morgan fingerprint density at radius 3 is 3.00 bits per heavy atom. The van der Waals surface area contributed by atoms with Crippen molar-refractivity contribution in [2.45, 2.75) is 32.2 Å². The first-order chi connectivity index (χ1) is 7.18. The maximum absolute atomic E-state index is 11.8. The Morgan fingerprint density at radius 1 is 1.60 bits per heavy atom. The SMILES string of the molecule is Cc1nc(Cl)cc(=O)n1C1C=CCCC1. The molecule has 0 bridgehead atoms. The summed E-state index contributed by atoms with van der Waals surface area (Å²) in [5.74, 6) is 0.684. The molecule has 1 heterocycles. The van der Waals surface area contributed by atoms with Crippen molar-refractivity contribution < 1.29 is 0 Å². The lowest BCUT2D eigenvalue weighted by molar-refractivity contribution is 0.487. The van der Waals surface area contributed by atoms with Crippen molar-refractivity contribution >= 4 is 11.6 Å². The van der Waals surface area contributed by atoms with Gasteiger partial charge in [-0.25, -0.2) is 4.98 Å². The van der Waals surface area contributed by atoms with E-state index < -0.39 is 0 Å². The minimum Gasteiger partial charge on any atom is -0.290 e. The first-order valence-corrected chi connectivity index (χ1v) is 5.48. The Hall–Kier alpha value is -1.09. The van der Waals surface area contributed by atoms with E-state index in [0.29, 0.717) is 5.82 Å². The van der Waals surface area contributed by atoms with Gasteiger partial charge in [0.05, 0.1) is 6.04 Å². The minimum absolute atomic E-state index is 0.0657. The lowest BCUT2D eigenvalue weighted by atomic mass is 10.0. The summed E-state index contributed by atoms with van der Waals surface area (Å²) in [5.41, 5.74) is -0.0657. The summed E-state index contributed by atoms with van der Waals surface area (Å²) in [7, 11) is 0. The second-order valence-electron chi connectivity index (χ2n) is 3.76. The van der Waals surface area contributed by atoms with Gasteiger partial charge >= 0.3 is 0 Å². The fourth-order valence-corrected chi connectivity index (χ4v) is 2.20. The van der Waals surface area contributed by atoms with Crippen LogP contribution in [0.4, 0.5) is 0 Å². The molecule has 0 fully saturated rings. The third-order valence-electron chi connectivity index (χ3n) is 2.66. The van der Waals surface area contributed by atoms with Crippen molar-refractivity contribution in [3.63, 3.8) is 0 Å². The number of halogens is 1. The predicted octanol–water partition coefficient (Wildman–Crippen LogP) is 2.49. The van der Waals surface area contributed by atoms with Gasteiger partial charge in [0.2, 0.25) is 0 Å². The van der Waals surface area contributed by atoms with Crippen molar-refractivity contribution in [3.8, 4) is 0 Å². The molecular weight excluding hydrogens is 212 g/mol. The molecule has 3 nitrogen and oxygen atoms in total. The van der Waals surface area contributed by atoms with E-state index in [1.165, 1.54) is 6.07 Å². The number of nitrogens with zero attached hydrogens (tertiary/aromatic N) is 2. The topological polar surface area (TPSA) is 34.9 Å². The van der Waals surface area contributed by atoms with E-state index in [-0.39, 0.29) is 16.8 Å². The van der Waals surface area contributed by atoms with Gasteiger partial charge in [-0.05, 0) is 26.2 Å². The normalized spacial score (nSPS) is 20.5. The highest BCUT2D eigenvalue weighted by atomic mass is 35.5. The molecule has 0 N–H and O–H groups in total. The number of hydrogen-bond donors (Lipinski definition) is 0. The van der Waals surface area contributed by atoms with Crippen LogP contribution in [0.1, 0.15) is 31.1 Å². The Balaban J connectivity index is 2.47. The Bertz CT molecular complexity index is 450. The molecule has 0 aliphatic heterocycles. The lowest BCUT2D eigenvalue weighted by Gasteiger charge is -2.20. The molecule has 1 aromatic rings. The standard InChI is InChI=1S/C11H13ClN2O/c1-8-13-10(12)7-11(15)14(8)9-5-3-2-4-6-9/h3,5,7,9H,2,4,6H2,1H3. The molecule has 1 aliphatic carbocycles. The monoisotopic (exact) mass is 224 g/mol. The highest BCUT2D eigenvalue weighted by Crippen LogP contribution is 2.21. The zero-order chi connectivity index (χ0) is 10.8. The minimum atomic E-state index is -0.0657. The van der Waals surface area contributed by atoms with E-state index >= 15 is 0 Å². The van der Waals surface area contributed by atoms with Crippen LogP contribution in [0.25, 0.3) is 0 Å². The van der Waals surface area contributed by atoms with Gasteiger partial charge in [0.15, 0.2) is 0 Å². The fraction of sp³-hybridized carbons (Fsp3) is 0.455. The van der Waals surface area contributed by atoms with Crippen molar-refractivity contribution in [1.29, 1.82) is 0 Å². The van der Waals surface area contributed by atoms with E-state index in [2.05, 4.69) is 17.1 Å². The molecular formula is C11H13ClN2O. The van der Waals surface area contributed by atoms with Gasteiger partial charge in [-0.3, -0.25) is 9.36 Å². The van der Waals surface area contributed by atoms with E-state index in [9.17, 15) is 4.79 Å². The summed E-state index contributed by atoms with van der Waals surface area (Å²) in [6.07, 6.45) is 7.42.